The van der Waals surface area contributed by atoms with Crippen LogP contribution in [0.15, 0.2) is 0 Å². The number of nitrogens with zero attached hydrogens (tertiary/aromatic N) is 4. The summed E-state index contributed by atoms with van der Waals surface area (Å²) >= 11 is 5.72. The fourth-order valence-corrected chi connectivity index (χ4v) is 0.655. The summed E-state index contributed by atoms with van der Waals surface area (Å²) < 4.78 is 0. The van der Waals surface area contributed by atoms with E-state index in [-0.39, 0.29) is 0 Å². The molecule has 4 nitrogen and oxygen atoms in total. The summed E-state index contributed by atoms with van der Waals surface area (Å²) in [5.41, 5.74) is 0.650. The standard InChI is InChI=1S/C6H9ClN4/c1-4-5(7)8-6(10-9-4)11(2)3/h1-3H3. The molecule has 11 heavy (non-hydrogen) atoms. The van der Waals surface area contributed by atoms with Gasteiger partial charge in [-0.3, -0.25) is 0 Å². The third kappa shape index (κ3) is 1.77. The van der Waals surface area contributed by atoms with Gasteiger partial charge in [-0.1, -0.05) is 11.6 Å². The molecular formula is C6H9ClN4. The Morgan fingerprint density at radius 2 is 1.91 bits per heavy atom. The summed E-state index contributed by atoms with van der Waals surface area (Å²) in [7, 11) is 3.67. The number of hydrogen-bond acceptors (Lipinski definition) is 4. The van der Waals surface area contributed by atoms with Crippen LogP contribution in [0, 0.1) is 6.92 Å². The van der Waals surface area contributed by atoms with Crippen LogP contribution in [0.5, 0.6) is 0 Å². The van der Waals surface area contributed by atoms with Gasteiger partial charge in [0.2, 0.25) is 5.95 Å². The molecule has 1 aromatic heterocycles. The first-order chi connectivity index (χ1) is 5.11. The zero-order chi connectivity index (χ0) is 8.43. The highest BCUT2D eigenvalue weighted by Gasteiger charge is 2.03. The van der Waals surface area contributed by atoms with E-state index in [1.54, 1.807) is 11.8 Å². The van der Waals surface area contributed by atoms with Crippen LogP contribution in [-0.4, -0.2) is 29.3 Å². The molecule has 0 fully saturated rings. The zero-order valence-electron chi connectivity index (χ0n) is 6.67. The smallest absolute Gasteiger partial charge is 0.246 e. The molecule has 0 bridgehead atoms. The fraction of sp³-hybridized carbons (Fsp3) is 0.500. The molecule has 0 N–H and O–H groups in total. The number of hydrogen-bond donors (Lipinski definition) is 0. The minimum absolute atomic E-state index is 0.406. The highest BCUT2D eigenvalue weighted by Crippen LogP contribution is 2.10. The molecule has 0 atom stereocenters. The van der Waals surface area contributed by atoms with Crippen LogP contribution in [-0.2, 0) is 0 Å². The van der Waals surface area contributed by atoms with E-state index in [1.165, 1.54) is 0 Å². The van der Waals surface area contributed by atoms with Crippen LogP contribution in [0.2, 0.25) is 5.15 Å². The van der Waals surface area contributed by atoms with E-state index in [4.69, 9.17) is 11.6 Å². The second kappa shape index (κ2) is 3.00. The Balaban J connectivity index is 3.05. The normalized spacial score (nSPS) is 9.82. The molecule has 0 spiro atoms. The molecule has 60 valence electrons. The van der Waals surface area contributed by atoms with Gasteiger partial charge in [0.15, 0.2) is 5.15 Å². The Morgan fingerprint density at radius 3 is 2.36 bits per heavy atom. The predicted octanol–water partition coefficient (Wildman–Crippen LogP) is 0.899. The van der Waals surface area contributed by atoms with E-state index >= 15 is 0 Å². The van der Waals surface area contributed by atoms with E-state index in [0.29, 0.717) is 16.8 Å². The second-order valence-electron chi connectivity index (χ2n) is 2.38. The second-order valence-corrected chi connectivity index (χ2v) is 2.74. The summed E-state index contributed by atoms with van der Waals surface area (Å²) in [6, 6.07) is 0. The molecule has 0 amide bonds. The number of anilines is 1. The summed E-state index contributed by atoms with van der Waals surface area (Å²) in [6.45, 7) is 1.77. The van der Waals surface area contributed by atoms with Crippen LogP contribution >= 0.6 is 11.6 Å². The molecule has 1 heterocycles. The average molecular weight is 173 g/mol. The molecule has 1 aromatic rings. The Hall–Kier alpha value is -0.900. The van der Waals surface area contributed by atoms with Gasteiger partial charge >= 0.3 is 0 Å². The van der Waals surface area contributed by atoms with E-state index in [9.17, 15) is 0 Å². The van der Waals surface area contributed by atoms with Crippen LogP contribution in [0.25, 0.3) is 0 Å². The van der Waals surface area contributed by atoms with E-state index in [2.05, 4.69) is 15.2 Å². The maximum Gasteiger partial charge on any atom is 0.246 e. The molecule has 0 radical (unpaired) electrons. The van der Waals surface area contributed by atoms with Crippen molar-refractivity contribution in [2.24, 2.45) is 0 Å². The van der Waals surface area contributed by atoms with E-state index in [1.807, 2.05) is 14.1 Å². The van der Waals surface area contributed by atoms with Gasteiger partial charge in [-0.25, -0.2) is 0 Å². The average Bonchev–Trinajstić information content (AvgIpc) is 1.94. The van der Waals surface area contributed by atoms with Gasteiger partial charge in [0.1, 0.15) is 0 Å². The summed E-state index contributed by atoms with van der Waals surface area (Å²) in [5, 5.41) is 8.04. The Morgan fingerprint density at radius 1 is 1.27 bits per heavy atom. The third-order valence-corrected chi connectivity index (χ3v) is 1.54. The van der Waals surface area contributed by atoms with Crippen molar-refractivity contribution >= 4 is 17.5 Å². The molecule has 0 aromatic carbocycles. The lowest BCUT2D eigenvalue weighted by Crippen LogP contribution is -2.13. The lowest BCUT2D eigenvalue weighted by Gasteiger charge is -2.08. The SMILES string of the molecule is Cc1nnc(N(C)C)nc1Cl. The van der Waals surface area contributed by atoms with Gasteiger partial charge in [0.25, 0.3) is 0 Å². The molecule has 0 saturated carbocycles. The first-order valence-electron chi connectivity index (χ1n) is 3.15. The largest absolute Gasteiger partial charge is 0.346 e. The molecule has 0 aliphatic rings. The molecule has 5 heteroatoms. The number of halogens is 1. The predicted molar refractivity (Wildman–Crippen MR) is 43.9 cm³/mol. The van der Waals surface area contributed by atoms with Crippen molar-refractivity contribution in [3.05, 3.63) is 10.8 Å². The van der Waals surface area contributed by atoms with Crippen molar-refractivity contribution in [3.63, 3.8) is 0 Å². The first-order valence-corrected chi connectivity index (χ1v) is 3.53. The maximum absolute atomic E-state index is 5.72. The van der Waals surface area contributed by atoms with Crippen LogP contribution in [0.4, 0.5) is 5.95 Å². The van der Waals surface area contributed by atoms with E-state index < -0.39 is 0 Å². The number of aromatic nitrogens is 3. The van der Waals surface area contributed by atoms with Gasteiger partial charge in [0, 0.05) is 14.1 Å². The van der Waals surface area contributed by atoms with Gasteiger partial charge in [-0.15, -0.1) is 10.2 Å². The first kappa shape index (κ1) is 8.20. The summed E-state index contributed by atoms with van der Waals surface area (Å²) in [5.74, 6) is 0.528. The van der Waals surface area contributed by atoms with Gasteiger partial charge in [-0.2, -0.15) is 4.98 Å². The van der Waals surface area contributed by atoms with Crippen molar-refractivity contribution in [2.75, 3.05) is 19.0 Å². The molecule has 1 rings (SSSR count). The van der Waals surface area contributed by atoms with Crippen molar-refractivity contribution in [1.82, 2.24) is 15.2 Å². The van der Waals surface area contributed by atoms with Crippen LogP contribution < -0.4 is 4.90 Å². The van der Waals surface area contributed by atoms with Crippen LogP contribution in [0.3, 0.4) is 0 Å². The van der Waals surface area contributed by atoms with Crippen LogP contribution in [0.1, 0.15) is 5.69 Å². The lowest BCUT2D eigenvalue weighted by atomic mass is 10.5. The lowest BCUT2D eigenvalue weighted by molar-refractivity contribution is 0.880. The topological polar surface area (TPSA) is 41.9 Å². The molecule has 0 saturated heterocycles. The number of rotatable bonds is 1. The van der Waals surface area contributed by atoms with Gasteiger partial charge in [-0.05, 0) is 6.92 Å². The number of aryl methyl sites for hydroxylation is 1. The van der Waals surface area contributed by atoms with Crippen molar-refractivity contribution in [2.45, 2.75) is 6.92 Å². The Kier molecular flexibility index (Phi) is 2.24. The molecule has 0 aliphatic carbocycles. The van der Waals surface area contributed by atoms with E-state index in [0.717, 1.165) is 0 Å². The molecule has 0 unspecified atom stereocenters. The Bertz CT molecular complexity index is 261. The summed E-state index contributed by atoms with van der Waals surface area (Å²) in [6.07, 6.45) is 0. The monoisotopic (exact) mass is 172 g/mol. The highest BCUT2D eigenvalue weighted by atomic mass is 35.5. The molecular weight excluding hydrogens is 164 g/mol. The van der Waals surface area contributed by atoms with Crippen molar-refractivity contribution in [3.8, 4) is 0 Å². The zero-order valence-corrected chi connectivity index (χ0v) is 7.42. The fourth-order valence-electron chi connectivity index (χ4n) is 0.541. The summed E-state index contributed by atoms with van der Waals surface area (Å²) in [4.78, 5) is 5.74. The highest BCUT2D eigenvalue weighted by molar-refractivity contribution is 6.30. The van der Waals surface area contributed by atoms with Crippen molar-refractivity contribution in [1.29, 1.82) is 0 Å². The minimum Gasteiger partial charge on any atom is -0.346 e. The van der Waals surface area contributed by atoms with Gasteiger partial charge < -0.3 is 4.90 Å². The maximum atomic E-state index is 5.72. The molecule has 0 aliphatic heterocycles. The Labute approximate surface area is 70.2 Å². The quantitative estimate of drug-likeness (QED) is 0.631. The van der Waals surface area contributed by atoms with Gasteiger partial charge in [0.05, 0.1) is 5.69 Å². The third-order valence-electron chi connectivity index (χ3n) is 1.19. The minimum atomic E-state index is 0.406. The van der Waals surface area contributed by atoms with Crippen molar-refractivity contribution < 1.29 is 0 Å².